The van der Waals surface area contributed by atoms with Gasteiger partial charge in [0.2, 0.25) is 0 Å². The molecule has 1 saturated heterocycles. The van der Waals surface area contributed by atoms with Crippen LogP contribution in [-0.2, 0) is 11.2 Å². The van der Waals surface area contributed by atoms with Crippen LogP contribution < -0.4 is 10.4 Å². The Morgan fingerprint density at radius 1 is 1.34 bits per heavy atom. The van der Waals surface area contributed by atoms with Crippen LogP contribution in [0.3, 0.4) is 0 Å². The molecule has 1 unspecified atom stereocenters. The molecule has 1 N–H and O–H groups in total. The molecule has 29 heavy (non-hydrogen) atoms. The second kappa shape index (κ2) is 7.82. The van der Waals surface area contributed by atoms with Crippen LogP contribution in [-0.4, -0.2) is 40.7 Å². The van der Waals surface area contributed by atoms with Crippen molar-refractivity contribution >= 4 is 16.9 Å². The lowest BCUT2D eigenvalue weighted by Gasteiger charge is -2.47. The Morgan fingerprint density at radius 2 is 2.17 bits per heavy atom. The zero-order chi connectivity index (χ0) is 20.6. The van der Waals surface area contributed by atoms with Gasteiger partial charge < -0.3 is 19.2 Å². The molecule has 156 valence electrons. The first kappa shape index (κ1) is 20.0. The number of fused-ring (bicyclic) bond motifs is 2. The summed E-state index contributed by atoms with van der Waals surface area (Å²) in [7, 11) is 0. The van der Waals surface area contributed by atoms with Crippen LogP contribution in [0.15, 0.2) is 33.5 Å². The molecule has 1 aromatic heterocycles. The van der Waals surface area contributed by atoms with Crippen molar-refractivity contribution in [1.29, 1.82) is 0 Å². The lowest BCUT2D eigenvalue weighted by Crippen LogP contribution is -2.56. The minimum absolute atomic E-state index is 0.0681. The van der Waals surface area contributed by atoms with E-state index in [1.165, 1.54) is 6.07 Å². The Hall–Kier alpha value is -2.34. The molecule has 3 atom stereocenters. The summed E-state index contributed by atoms with van der Waals surface area (Å²) in [6, 6.07) is 6.86. The van der Waals surface area contributed by atoms with Crippen molar-refractivity contribution in [2.45, 2.75) is 64.1 Å². The highest BCUT2D eigenvalue weighted by Gasteiger charge is 2.44. The van der Waals surface area contributed by atoms with E-state index in [2.05, 4.69) is 0 Å². The number of hydrogen-bond acceptors (Lipinski definition) is 5. The standard InChI is InChI=1S/C23H29NO5/c1-3-16-12-21(25)29-20-13-18(7-8-19(16)20)28-15(2)22(26)24-11-10-23(27)9-5-4-6-17(23)14-24/h7-8,12-13,15,17,27H,3-6,9-11,14H2,1-2H3/t15?,17-,23-/m0/s1. The number of hydrogen-bond donors (Lipinski definition) is 1. The molecule has 4 rings (SSSR count). The fraction of sp³-hybridized carbons (Fsp3) is 0.565. The van der Waals surface area contributed by atoms with Crippen LogP contribution in [0, 0.1) is 5.92 Å². The smallest absolute Gasteiger partial charge is 0.336 e. The molecule has 1 aliphatic carbocycles. The molecule has 2 heterocycles. The first-order valence-electron chi connectivity index (χ1n) is 10.6. The predicted octanol–water partition coefficient (Wildman–Crippen LogP) is 3.28. The predicted molar refractivity (Wildman–Crippen MR) is 110 cm³/mol. The van der Waals surface area contributed by atoms with Crippen molar-refractivity contribution in [2.75, 3.05) is 13.1 Å². The van der Waals surface area contributed by atoms with Crippen LogP contribution in [0.4, 0.5) is 0 Å². The molecule has 1 saturated carbocycles. The van der Waals surface area contributed by atoms with E-state index in [0.717, 1.165) is 43.1 Å². The van der Waals surface area contributed by atoms with E-state index >= 15 is 0 Å². The molecular formula is C23H29NO5. The maximum absolute atomic E-state index is 12.9. The molecular weight excluding hydrogens is 370 g/mol. The van der Waals surface area contributed by atoms with E-state index in [4.69, 9.17) is 9.15 Å². The Bertz CT molecular complexity index is 967. The van der Waals surface area contributed by atoms with Crippen molar-refractivity contribution in [2.24, 2.45) is 5.92 Å². The summed E-state index contributed by atoms with van der Waals surface area (Å²) in [5, 5.41) is 11.7. The zero-order valence-corrected chi connectivity index (χ0v) is 17.1. The second-order valence-electron chi connectivity index (χ2n) is 8.44. The van der Waals surface area contributed by atoms with Crippen LogP contribution in [0.1, 0.15) is 51.5 Å². The van der Waals surface area contributed by atoms with Crippen molar-refractivity contribution in [3.63, 3.8) is 0 Å². The Morgan fingerprint density at radius 3 is 2.97 bits per heavy atom. The molecule has 0 spiro atoms. The van der Waals surface area contributed by atoms with Gasteiger partial charge in [-0.2, -0.15) is 0 Å². The third kappa shape index (κ3) is 3.90. The molecule has 2 aliphatic rings. The maximum atomic E-state index is 12.9. The fourth-order valence-corrected chi connectivity index (χ4v) is 4.86. The number of benzene rings is 1. The quantitative estimate of drug-likeness (QED) is 0.798. The van der Waals surface area contributed by atoms with Gasteiger partial charge in [0.05, 0.1) is 5.60 Å². The molecule has 6 nitrogen and oxygen atoms in total. The number of likely N-dealkylation sites (tertiary alicyclic amines) is 1. The summed E-state index contributed by atoms with van der Waals surface area (Å²) in [4.78, 5) is 26.5. The van der Waals surface area contributed by atoms with Crippen LogP contribution in [0.25, 0.3) is 11.0 Å². The van der Waals surface area contributed by atoms with Gasteiger partial charge in [-0.25, -0.2) is 4.79 Å². The molecule has 0 radical (unpaired) electrons. The van der Waals surface area contributed by atoms with Gasteiger partial charge in [0.1, 0.15) is 11.3 Å². The van der Waals surface area contributed by atoms with Gasteiger partial charge in [-0.1, -0.05) is 19.8 Å². The van der Waals surface area contributed by atoms with E-state index < -0.39 is 11.7 Å². The molecule has 1 aromatic carbocycles. The van der Waals surface area contributed by atoms with E-state index in [1.807, 2.05) is 17.9 Å². The van der Waals surface area contributed by atoms with E-state index in [1.54, 1.807) is 19.1 Å². The first-order chi connectivity index (χ1) is 13.9. The highest BCUT2D eigenvalue weighted by molar-refractivity contribution is 5.83. The van der Waals surface area contributed by atoms with Gasteiger partial charge in [-0.15, -0.1) is 0 Å². The molecule has 2 fully saturated rings. The molecule has 6 heteroatoms. The summed E-state index contributed by atoms with van der Waals surface area (Å²) in [6.45, 7) is 4.89. The number of piperidine rings is 1. The highest BCUT2D eigenvalue weighted by Crippen LogP contribution is 2.40. The van der Waals surface area contributed by atoms with Gasteiger partial charge in [-0.3, -0.25) is 4.79 Å². The number of nitrogens with zero attached hydrogens (tertiary/aromatic N) is 1. The summed E-state index contributed by atoms with van der Waals surface area (Å²) >= 11 is 0. The van der Waals surface area contributed by atoms with Crippen LogP contribution >= 0.6 is 0 Å². The number of ether oxygens (including phenoxy) is 1. The third-order valence-corrected chi connectivity index (χ3v) is 6.58. The lowest BCUT2D eigenvalue weighted by atomic mass is 9.71. The average molecular weight is 399 g/mol. The number of rotatable bonds is 4. The van der Waals surface area contributed by atoms with Crippen molar-refractivity contribution < 1.29 is 19.1 Å². The lowest BCUT2D eigenvalue weighted by molar-refractivity contribution is -0.149. The van der Waals surface area contributed by atoms with E-state index in [0.29, 0.717) is 30.8 Å². The van der Waals surface area contributed by atoms with Gasteiger partial charge >= 0.3 is 5.63 Å². The number of carbonyl (C=O) groups excluding carboxylic acids is 1. The Kier molecular flexibility index (Phi) is 5.38. The largest absolute Gasteiger partial charge is 0.481 e. The number of aryl methyl sites for hydroxylation is 1. The Labute approximate surface area is 170 Å². The zero-order valence-electron chi connectivity index (χ0n) is 17.1. The van der Waals surface area contributed by atoms with Gasteiger partial charge in [0, 0.05) is 36.5 Å². The van der Waals surface area contributed by atoms with Crippen LogP contribution in [0.2, 0.25) is 0 Å². The Balaban J connectivity index is 1.47. The first-order valence-corrected chi connectivity index (χ1v) is 10.6. The summed E-state index contributed by atoms with van der Waals surface area (Å²) in [5.41, 5.74) is 0.410. The minimum atomic E-state index is -0.650. The minimum Gasteiger partial charge on any atom is -0.481 e. The SMILES string of the molecule is CCc1cc(=O)oc2cc(OC(C)C(=O)N3CC[C@@]4(O)CCCC[C@H]4C3)ccc12. The van der Waals surface area contributed by atoms with Gasteiger partial charge in [0.15, 0.2) is 6.10 Å². The van der Waals surface area contributed by atoms with Crippen molar-refractivity contribution in [1.82, 2.24) is 4.90 Å². The van der Waals surface area contributed by atoms with E-state index in [-0.39, 0.29) is 17.5 Å². The maximum Gasteiger partial charge on any atom is 0.336 e. The van der Waals surface area contributed by atoms with Gasteiger partial charge in [-0.05, 0) is 50.3 Å². The van der Waals surface area contributed by atoms with E-state index in [9.17, 15) is 14.7 Å². The third-order valence-electron chi connectivity index (χ3n) is 6.58. The highest BCUT2D eigenvalue weighted by atomic mass is 16.5. The summed E-state index contributed by atoms with van der Waals surface area (Å²) < 4.78 is 11.2. The van der Waals surface area contributed by atoms with Crippen molar-refractivity contribution in [3.8, 4) is 5.75 Å². The van der Waals surface area contributed by atoms with Crippen molar-refractivity contribution in [3.05, 3.63) is 40.2 Å². The average Bonchev–Trinajstić information content (AvgIpc) is 2.71. The molecule has 1 amide bonds. The monoisotopic (exact) mass is 399 g/mol. The second-order valence-corrected chi connectivity index (χ2v) is 8.44. The number of carbonyl (C=O) groups is 1. The van der Waals surface area contributed by atoms with Gasteiger partial charge in [0.25, 0.3) is 5.91 Å². The van der Waals surface area contributed by atoms with Crippen LogP contribution in [0.5, 0.6) is 5.75 Å². The number of amides is 1. The summed E-state index contributed by atoms with van der Waals surface area (Å²) in [6.07, 6.45) is 4.72. The topological polar surface area (TPSA) is 80.0 Å². The number of aliphatic hydroxyl groups is 1. The molecule has 0 bridgehead atoms. The fourth-order valence-electron chi connectivity index (χ4n) is 4.86. The normalized spacial score (nSPS) is 25.5. The molecule has 2 aromatic rings. The summed E-state index contributed by atoms with van der Waals surface area (Å²) in [5.74, 6) is 0.589. The molecule has 1 aliphatic heterocycles.